The van der Waals surface area contributed by atoms with Gasteiger partial charge >= 0.3 is 5.97 Å². The first-order chi connectivity index (χ1) is 6.79. The fourth-order valence-corrected chi connectivity index (χ4v) is 2.14. The first-order valence-electron chi connectivity index (χ1n) is 5.69. The predicted octanol–water partition coefficient (Wildman–Crippen LogP) is 1.96. The Bertz CT molecular complexity index is 185. The summed E-state index contributed by atoms with van der Waals surface area (Å²) in [6.45, 7) is 5.45. The van der Waals surface area contributed by atoms with E-state index < -0.39 is 0 Å². The van der Waals surface area contributed by atoms with Crippen LogP contribution in [0.5, 0.6) is 0 Å². The van der Waals surface area contributed by atoms with E-state index in [1.807, 2.05) is 6.92 Å². The van der Waals surface area contributed by atoms with Gasteiger partial charge in [-0.1, -0.05) is 13.3 Å². The summed E-state index contributed by atoms with van der Waals surface area (Å²) in [5, 5.41) is 3.26. The van der Waals surface area contributed by atoms with E-state index in [2.05, 4.69) is 12.2 Å². The Kier molecular flexibility index (Phi) is 4.94. The molecule has 1 aliphatic rings. The molecule has 1 fully saturated rings. The van der Waals surface area contributed by atoms with Crippen LogP contribution in [0, 0.1) is 5.92 Å². The van der Waals surface area contributed by atoms with E-state index in [-0.39, 0.29) is 13.4 Å². The lowest BCUT2D eigenvalue weighted by Gasteiger charge is -2.30. The minimum atomic E-state index is -0.0642. The first-order valence-corrected chi connectivity index (χ1v) is 5.69. The third-order valence-electron chi connectivity index (χ3n) is 2.79. The lowest BCUT2D eigenvalue weighted by atomic mass is 9.87. The highest BCUT2D eigenvalue weighted by Crippen LogP contribution is 2.22. The van der Waals surface area contributed by atoms with Crippen molar-refractivity contribution < 1.29 is 11.0 Å². The number of ether oxygens (including phenoxy) is 1. The molecule has 0 saturated carbocycles. The first kappa shape index (κ1) is 11.5. The van der Waals surface area contributed by atoms with Crippen molar-refractivity contribution in [2.75, 3.05) is 13.2 Å². The third-order valence-corrected chi connectivity index (χ3v) is 2.79. The zero-order valence-electron chi connectivity index (χ0n) is 9.21. The van der Waals surface area contributed by atoms with Crippen LogP contribution in [0.1, 0.15) is 41.0 Å². The summed E-state index contributed by atoms with van der Waals surface area (Å²) < 4.78 is 5.06. The lowest BCUT2D eigenvalue weighted by Crippen LogP contribution is -2.47. The molecule has 0 spiro atoms. The highest BCUT2D eigenvalue weighted by Gasteiger charge is 2.30. The molecule has 0 amide bonds. The van der Waals surface area contributed by atoms with Crippen LogP contribution in [-0.4, -0.2) is 25.2 Å². The number of rotatable bonds is 4. The van der Waals surface area contributed by atoms with Gasteiger partial charge in [-0.25, -0.2) is 0 Å². The number of nitrogens with one attached hydrogen (secondary N) is 1. The average molecular weight is 201 g/mol. The van der Waals surface area contributed by atoms with Crippen molar-refractivity contribution in [3.05, 3.63) is 0 Å². The Morgan fingerprint density at radius 1 is 1.57 bits per heavy atom. The zero-order chi connectivity index (χ0) is 10.4. The van der Waals surface area contributed by atoms with Crippen molar-refractivity contribution in [3.63, 3.8) is 0 Å². The standard InChI is InChI=1S/C11H21NO2.H2/c1-3-6-9-7-5-8-12-10(9)11(13)14-4-2;/h9-10,12H,3-8H2,1-2H3;1H/t9-,10?;/m1./s1. The van der Waals surface area contributed by atoms with E-state index in [1.165, 1.54) is 6.42 Å². The molecule has 3 heteroatoms. The van der Waals surface area contributed by atoms with E-state index in [9.17, 15) is 4.79 Å². The summed E-state index contributed by atoms with van der Waals surface area (Å²) in [6, 6.07) is -0.0522. The normalized spacial score (nSPS) is 27.3. The van der Waals surface area contributed by atoms with Crippen LogP contribution < -0.4 is 5.32 Å². The van der Waals surface area contributed by atoms with Crippen molar-refractivity contribution in [1.29, 1.82) is 0 Å². The Hall–Kier alpha value is -0.570. The van der Waals surface area contributed by atoms with Crippen LogP contribution in [0.3, 0.4) is 0 Å². The van der Waals surface area contributed by atoms with Crippen molar-refractivity contribution in [3.8, 4) is 0 Å². The minimum Gasteiger partial charge on any atom is -0.465 e. The number of carbonyl (C=O) groups is 1. The van der Waals surface area contributed by atoms with E-state index in [0.717, 1.165) is 25.8 Å². The molecule has 1 unspecified atom stereocenters. The highest BCUT2D eigenvalue weighted by molar-refractivity contribution is 5.76. The van der Waals surface area contributed by atoms with Gasteiger partial charge in [0.25, 0.3) is 0 Å². The largest absolute Gasteiger partial charge is 0.465 e. The molecule has 1 aliphatic heterocycles. The molecule has 1 rings (SSSR count). The average Bonchev–Trinajstić information content (AvgIpc) is 2.19. The molecular weight excluding hydrogens is 178 g/mol. The molecule has 84 valence electrons. The Morgan fingerprint density at radius 2 is 2.36 bits per heavy atom. The highest BCUT2D eigenvalue weighted by atomic mass is 16.5. The van der Waals surface area contributed by atoms with Crippen LogP contribution in [0.25, 0.3) is 0 Å². The fraction of sp³-hybridized carbons (Fsp3) is 0.909. The van der Waals surface area contributed by atoms with E-state index in [0.29, 0.717) is 12.5 Å². The molecular formula is C11H23NO2. The van der Waals surface area contributed by atoms with Crippen molar-refractivity contribution in [2.24, 2.45) is 5.92 Å². The van der Waals surface area contributed by atoms with Gasteiger partial charge in [0.1, 0.15) is 6.04 Å². The number of esters is 1. The SMILES string of the molecule is CCC[C@@H]1CCCNC1C(=O)OCC.[HH]. The minimum absolute atomic E-state index is 0. The summed E-state index contributed by atoms with van der Waals surface area (Å²) in [5.74, 6) is 0.415. The maximum absolute atomic E-state index is 11.6. The van der Waals surface area contributed by atoms with Gasteiger partial charge in [-0.2, -0.15) is 0 Å². The van der Waals surface area contributed by atoms with Crippen LogP contribution in [0.4, 0.5) is 0 Å². The monoisotopic (exact) mass is 201 g/mol. The van der Waals surface area contributed by atoms with Gasteiger partial charge in [-0.3, -0.25) is 4.79 Å². The van der Waals surface area contributed by atoms with E-state index in [1.54, 1.807) is 0 Å². The predicted molar refractivity (Wildman–Crippen MR) is 58.2 cm³/mol. The molecule has 14 heavy (non-hydrogen) atoms. The zero-order valence-corrected chi connectivity index (χ0v) is 9.21. The van der Waals surface area contributed by atoms with Gasteiger partial charge in [-0.05, 0) is 38.6 Å². The smallest absolute Gasteiger partial charge is 0.323 e. The number of hydrogen-bond acceptors (Lipinski definition) is 3. The van der Waals surface area contributed by atoms with Crippen LogP contribution in [0.2, 0.25) is 0 Å². The van der Waals surface area contributed by atoms with Gasteiger partial charge in [0.15, 0.2) is 0 Å². The maximum atomic E-state index is 11.6. The molecule has 1 heterocycles. The molecule has 3 nitrogen and oxygen atoms in total. The third kappa shape index (κ3) is 2.98. The van der Waals surface area contributed by atoms with Gasteiger partial charge in [0.05, 0.1) is 6.61 Å². The van der Waals surface area contributed by atoms with Crippen molar-refractivity contribution in [2.45, 2.75) is 45.6 Å². The molecule has 0 bridgehead atoms. The molecule has 0 aromatic rings. The molecule has 0 aromatic heterocycles. The van der Waals surface area contributed by atoms with E-state index in [4.69, 9.17) is 4.74 Å². The van der Waals surface area contributed by atoms with Gasteiger partial charge in [-0.15, -0.1) is 0 Å². The summed E-state index contributed by atoms with van der Waals surface area (Å²) in [6.07, 6.45) is 4.60. The second kappa shape index (κ2) is 6.02. The van der Waals surface area contributed by atoms with Crippen molar-refractivity contribution >= 4 is 5.97 Å². The number of piperidine rings is 1. The molecule has 0 aromatic carbocycles. The number of hydrogen-bond donors (Lipinski definition) is 1. The van der Waals surface area contributed by atoms with Gasteiger partial charge < -0.3 is 10.1 Å². The van der Waals surface area contributed by atoms with Crippen LogP contribution in [-0.2, 0) is 9.53 Å². The molecule has 0 radical (unpaired) electrons. The van der Waals surface area contributed by atoms with Gasteiger partial charge in [0.2, 0.25) is 0 Å². The quantitative estimate of drug-likeness (QED) is 0.707. The summed E-state index contributed by atoms with van der Waals surface area (Å²) in [4.78, 5) is 11.6. The van der Waals surface area contributed by atoms with Crippen LogP contribution in [0.15, 0.2) is 0 Å². The number of carbonyl (C=O) groups excluding carboxylic acids is 1. The Labute approximate surface area is 87.7 Å². The second-order valence-electron chi connectivity index (χ2n) is 3.87. The van der Waals surface area contributed by atoms with Crippen LogP contribution >= 0.6 is 0 Å². The topological polar surface area (TPSA) is 38.3 Å². The summed E-state index contributed by atoms with van der Waals surface area (Å²) in [7, 11) is 0. The Balaban J connectivity index is 0.00000196. The molecule has 2 atom stereocenters. The molecule has 0 aliphatic carbocycles. The van der Waals surface area contributed by atoms with Gasteiger partial charge in [0, 0.05) is 1.43 Å². The van der Waals surface area contributed by atoms with Crippen molar-refractivity contribution in [1.82, 2.24) is 5.32 Å². The molecule has 1 saturated heterocycles. The second-order valence-corrected chi connectivity index (χ2v) is 3.87. The summed E-state index contributed by atoms with van der Waals surface area (Å²) >= 11 is 0. The summed E-state index contributed by atoms with van der Waals surface area (Å²) in [5.41, 5.74) is 0. The maximum Gasteiger partial charge on any atom is 0.323 e. The lowest BCUT2D eigenvalue weighted by molar-refractivity contribution is -0.148. The van der Waals surface area contributed by atoms with E-state index >= 15 is 0 Å². The fourth-order valence-electron chi connectivity index (χ4n) is 2.14. The Morgan fingerprint density at radius 3 is 3.00 bits per heavy atom. The molecule has 1 N–H and O–H groups in total.